The molecule has 14 heavy (non-hydrogen) atoms. The lowest BCUT2D eigenvalue weighted by Crippen LogP contribution is -2.12. The Labute approximate surface area is 84.2 Å². The highest BCUT2D eigenvalue weighted by molar-refractivity contribution is 5.74. The molecule has 1 N–H and O–H groups in total. The molecule has 0 saturated carbocycles. The van der Waals surface area contributed by atoms with Crippen molar-refractivity contribution >= 4 is 5.90 Å². The Morgan fingerprint density at radius 2 is 2.07 bits per heavy atom. The van der Waals surface area contributed by atoms with Crippen LogP contribution in [0.25, 0.3) is 0 Å². The van der Waals surface area contributed by atoms with Crippen LogP contribution in [0.3, 0.4) is 0 Å². The monoisotopic (exact) mass is 193 g/mol. The molecule has 0 aliphatic heterocycles. The standard InChI is InChI=1S/C11H15NO2/c1-8-4-5-9(2)10(6-8)14-7-11(12)13-3/h4-6,12H,7H2,1-3H3. The van der Waals surface area contributed by atoms with Crippen LogP contribution in [0.1, 0.15) is 11.1 Å². The topological polar surface area (TPSA) is 42.3 Å². The third-order valence-corrected chi connectivity index (χ3v) is 1.95. The van der Waals surface area contributed by atoms with Crippen molar-refractivity contribution in [2.45, 2.75) is 13.8 Å². The zero-order chi connectivity index (χ0) is 10.6. The predicted molar refractivity (Wildman–Crippen MR) is 56.1 cm³/mol. The molecular formula is C11H15NO2. The minimum absolute atomic E-state index is 0.130. The lowest BCUT2D eigenvalue weighted by atomic mass is 10.1. The van der Waals surface area contributed by atoms with E-state index in [-0.39, 0.29) is 12.5 Å². The highest BCUT2D eigenvalue weighted by Gasteiger charge is 2.01. The number of nitrogens with one attached hydrogen (secondary N) is 1. The van der Waals surface area contributed by atoms with E-state index in [4.69, 9.17) is 14.9 Å². The molecule has 0 spiro atoms. The largest absolute Gasteiger partial charge is 0.484 e. The summed E-state index contributed by atoms with van der Waals surface area (Å²) < 4.78 is 10.1. The summed E-state index contributed by atoms with van der Waals surface area (Å²) in [6, 6.07) is 5.99. The number of hydrogen-bond acceptors (Lipinski definition) is 3. The highest BCUT2D eigenvalue weighted by atomic mass is 16.5. The fraction of sp³-hybridized carbons (Fsp3) is 0.364. The summed E-state index contributed by atoms with van der Waals surface area (Å²) in [6.45, 7) is 4.17. The molecule has 0 atom stereocenters. The van der Waals surface area contributed by atoms with Crippen molar-refractivity contribution in [1.82, 2.24) is 0 Å². The summed E-state index contributed by atoms with van der Waals surface area (Å²) in [7, 11) is 1.47. The Morgan fingerprint density at radius 1 is 1.36 bits per heavy atom. The lowest BCUT2D eigenvalue weighted by Gasteiger charge is -2.09. The number of methoxy groups -OCH3 is 1. The Balaban J connectivity index is 2.66. The van der Waals surface area contributed by atoms with Gasteiger partial charge in [-0.15, -0.1) is 0 Å². The summed E-state index contributed by atoms with van der Waals surface area (Å²) in [5, 5.41) is 7.26. The summed E-state index contributed by atoms with van der Waals surface area (Å²) in [4.78, 5) is 0. The second kappa shape index (κ2) is 4.65. The van der Waals surface area contributed by atoms with Gasteiger partial charge in [0, 0.05) is 0 Å². The zero-order valence-electron chi connectivity index (χ0n) is 8.76. The van der Waals surface area contributed by atoms with Gasteiger partial charge in [0.25, 0.3) is 0 Å². The van der Waals surface area contributed by atoms with E-state index in [0.29, 0.717) is 0 Å². The van der Waals surface area contributed by atoms with Gasteiger partial charge < -0.3 is 9.47 Å². The van der Waals surface area contributed by atoms with Crippen molar-refractivity contribution in [1.29, 1.82) is 5.41 Å². The number of aryl methyl sites for hydroxylation is 2. The van der Waals surface area contributed by atoms with Gasteiger partial charge in [0.15, 0.2) is 6.61 Å². The molecule has 0 bridgehead atoms. The second-order valence-corrected chi connectivity index (χ2v) is 3.18. The van der Waals surface area contributed by atoms with E-state index in [1.807, 2.05) is 32.0 Å². The maximum absolute atomic E-state index is 7.26. The molecule has 0 unspecified atom stereocenters. The summed E-state index contributed by atoms with van der Waals surface area (Å²) in [6.07, 6.45) is 0. The molecular weight excluding hydrogens is 178 g/mol. The zero-order valence-corrected chi connectivity index (χ0v) is 8.76. The lowest BCUT2D eigenvalue weighted by molar-refractivity contribution is 0.308. The van der Waals surface area contributed by atoms with Crippen LogP contribution in [-0.4, -0.2) is 19.6 Å². The molecule has 0 radical (unpaired) electrons. The van der Waals surface area contributed by atoms with E-state index in [0.717, 1.165) is 16.9 Å². The third kappa shape index (κ3) is 2.76. The number of benzene rings is 1. The SMILES string of the molecule is COC(=N)COc1cc(C)ccc1C. The van der Waals surface area contributed by atoms with E-state index in [9.17, 15) is 0 Å². The van der Waals surface area contributed by atoms with Crippen LogP contribution in [-0.2, 0) is 4.74 Å². The van der Waals surface area contributed by atoms with E-state index in [1.165, 1.54) is 7.11 Å². The Kier molecular flexibility index (Phi) is 3.51. The fourth-order valence-corrected chi connectivity index (χ4v) is 1.07. The van der Waals surface area contributed by atoms with Crippen LogP contribution in [0.5, 0.6) is 5.75 Å². The first-order valence-corrected chi connectivity index (χ1v) is 4.45. The van der Waals surface area contributed by atoms with Gasteiger partial charge in [-0.3, -0.25) is 5.41 Å². The van der Waals surface area contributed by atoms with Crippen molar-refractivity contribution in [2.75, 3.05) is 13.7 Å². The first-order chi connectivity index (χ1) is 6.63. The van der Waals surface area contributed by atoms with Gasteiger partial charge >= 0.3 is 0 Å². The van der Waals surface area contributed by atoms with Crippen molar-refractivity contribution in [3.8, 4) is 5.75 Å². The smallest absolute Gasteiger partial charge is 0.219 e. The fourth-order valence-electron chi connectivity index (χ4n) is 1.07. The highest BCUT2D eigenvalue weighted by Crippen LogP contribution is 2.18. The third-order valence-electron chi connectivity index (χ3n) is 1.95. The van der Waals surface area contributed by atoms with Crippen LogP contribution in [0.15, 0.2) is 18.2 Å². The molecule has 3 heteroatoms. The van der Waals surface area contributed by atoms with Crippen LogP contribution in [0.4, 0.5) is 0 Å². The predicted octanol–water partition coefficient (Wildman–Crippen LogP) is 2.31. The summed E-state index contributed by atoms with van der Waals surface area (Å²) >= 11 is 0. The van der Waals surface area contributed by atoms with Crippen molar-refractivity contribution in [2.24, 2.45) is 0 Å². The van der Waals surface area contributed by atoms with Gasteiger partial charge in [0.2, 0.25) is 5.90 Å². The molecule has 0 aliphatic carbocycles. The molecule has 0 fully saturated rings. The minimum atomic E-state index is 0.130. The number of hydrogen-bond donors (Lipinski definition) is 1. The van der Waals surface area contributed by atoms with Crippen LogP contribution in [0.2, 0.25) is 0 Å². The molecule has 3 nitrogen and oxygen atoms in total. The van der Waals surface area contributed by atoms with Crippen LogP contribution in [0, 0.1) is 19.3 Å². The van der Waals surface area contributed by atoms with Gasteiger partial charge in [-0.25, -0.2) is 0 Å². The van der Waals surface area contributed by atoms with Crippen molar-refractivity contribution in [3.05, 3.63) is 29.3 Å². The molecule has 1 aromatic carbocycles. The van der Waals surface area contributed by atoms with Gasteiger partial charge in [-0.1, -0.05) is 12.1 Å². The molecule has 1 rings (SSSR count). The molecule has 0 heterocycles. The summed E-state index contributed by atoms with van der Waals surface area (Å²) in [5.41, 5.74) is 2.22. The molecule has 0 aliphatic rings. The Morgan fingerprint density at radius 3 is 2.71 bits per heavy atom. The van der Waals surface area contributed by atoms with Gasteiger partial charge in [-0.2, -0.15) is 0 Å². The Hall–Kier alpha value is -1.51. The van der Waals surface area contributed by atoms with E-state index in [1.54, 1.807) is 0 Å². The molecule has 0 aromatic heterocycles. The maximum atomic E-state index is 7.26. The van der Waals surface area contributed by atoms with E-state index < -0.39 is 0 Å². The van der Waals surface area contributed by atoms with Crippen LogP contribution >= 0.6 is 0 Å². The van der Waals surface area contributed by atoms with Crippen molar-refractivity contribution < 1.29 is 9.47 Å². The molecule has 0 saturated heterocycles. The number of rotatable bonds is 3. The Bertz CT molecular complexity index is 334. The van der Waals surface area contributed by atoms with E-state index >= 15 is 0 Å². The second-order valence-electron chi connectivity index (χ2n) is 3.18. The molecule has 0 amide bonds. The van der Waals surface area contributed by atoms with Crippen LogP contribution < -0.4 is 4.74 Å². The minimum Gasteiger partial charge on any atom is -0.484 e. The van der Waals surface area contributed by atoms with Gasteiger partial charge in [0.05, 0.1) is 7.11 Å². The first-order valence-electron chi connectivity index (χ1n) is 4.45. The quantitative estimate of drug-likeness (QED) is 0.591. The van der Waals surface area contributed by atoms with E-state index in [2.05, 4.69) is 0 Å². The van der Waals surface area contributed by atoms with Crippen molar-refractivity contribution in [3.63, 3.8) is 0 Å². The molecule has 1 aromatic rings. The van der Waals surface area contributed by atoms with Gasteiger partial charge in [-0.05, 0) is 31.0 Å². The summed E-state index contributed by atoms with van der Waals surface area (Å²) in [5.74, 6) is 0.942. The number of ether oxygens (including phenoxy) is 2. The average molecular weight is 193 g/mol. The maximum Gasteiger partial charge on any atom is 0.219 e. The van der Waals surface area contributed by atoms with Gasteiger partial charge in [0.1, 0.15) is 5.75 Å². The average Bonchev–Trinajstić information content (AvgIpc) is 2.19. The molecule has 76 valence electrons. The normalized spacial score (nSPS) is 9.64. The first kappa shape index (κ1) is 10.6.